The van der Waals surface area contributed by atoms with Gasteiger partial charge in [0.25, 0.3) is 0 Å². The number of aliphatic hydroxyl groups excluding tert-OH is 2. The van der Waals surface area contributed by atoms with Crippen molar-refractivity contribution in [2.75, 3.05) is 33.0 Å². The quantitative estimate of drug-likeness (QED) is 0.298. The van der Waals surface area contributed by atoms with Gasteiger partial charge in [-0.2, -0.15) is 0 Å². The van der Waals surface area contributed by atoms with Gasteiger partial charge in [-0.15, -0.1) is 0 Å². The smallest absolute Gasteiger partial charge is 0.328 e. The average Bonchev–Trinajstić information content (AvgIpc) is 2.45. The molecule has 0 saturated heterocycles. The van der Waals surface area contributed by atoms with Crippen molar-refractivity contribution in [2.45, 2.75) is 19.8 Å². The zero-order chi connectivity index (χ0) is 16.5. The molecule has 0 radical (unpaired) electrons. The molecule has 4 N–H and O–H groups in total. The van der Waals surface area contributed by atoms with Crippen molar-refractivity contribution < 1.29 is 39.7 Å². The normalized spacial score (nSPS) is 10.5. The van der Waals surface area contributed by atoms with Gasteiger partial charge >= 0.3 is 11.9 Å². The van der Waals surface area contributed by atoms with E-state index < -0.39 is 11.9 Å². The molecule has 0 bridgehead atoms. The third kappa shape index (κ3) is 20.9. The van der Waals surface area contributed by atoms with Gasteiger partial charge in [0.05, 0.1) is 33.0 Å². The summed E-state index contributed by atoms with van der Waals surface area (Å²) in [5.74, 6) is -2.51. The molecule has 0 aliphatic rings. The van der Waals surface area contributed by atoms with Gasteiger partial charge in [-0.25, -0.2) is 9.59 Å². The Morgan fingerprint density at radius 2 is 1.43 bits per heavy atom. The zero-order valence-electron chi connectivity index (χ0n) is 12.0. The minimum Gasteiger partial charge on any atom is -0.478 e. The zero-order valence-corrected chi connectivity index (χ0v) is 12.0. The van der Waals surface area contributed by atoms with Gasteiger partial charge < -0.3 is 20.4 Å². The van der Waals surface area contributed by atoms with E-state index in [1.165, 1.54) is 5.23 Å². The van der Waals surface area contributed by atoms with Crippen LogP contribution in [0.3, 0.4) is 0 Å². The summed E-state index contributed by atoms with van der Waals surface area (Å²) >= 11 is 0. The first-order valence-electron chi connectivity index (χ1n) is 6.36. The van der Waals surface area contributed by atoms with Crippen LogP contribution in [0, 0.1) is 0 Å². The second-order valence-corrected chi connectivity index (χ2v) is 3.53. The summed E-state index contributed by atoms with van der Waals surface area (Å²) in [6.07, 6.45) is 3.11. The summed E-state index contributed by atoms with van der Waals surface area (Å²) < 4.78 is 0. The van der Waals surface area contributed by atoms with Crippen LogP contribution < -0.4 is 0 Å². The van der Waals surface area contributed by atoms with E-state index in [1.54, 1.807) is 0 Å². The van der Waals surface area contributed by atoms with Crippen LogP contribution >= 0.6 is 0 Å². The number of rotatable bonds is 11. The fraction of sp³-hybridized carbons (Fsp3) is 0.667. The Balaban J connectivity index is 0. The maximum Gasteiger partial charge on any atom is 0.328 e. The number of nitrogens with zero attached hydrogens (tertiary/aromatic N) is 1. The Morgan fingerprint density at radius 1 is 1.00 bits per heavy atom. The van der Waals surface area contributed by atoms with Crippen LogP contribution in [0.4, 0.5) is 0 Å². The summed E-state index contributed by atoms with van der Waals surface area (Å²) in [6.45, 7) is 3.08. The Kier molecular flexibility index (Phi) is 17.1. The van der Waals surface area contributed by atoms with Crippen molar-refractivity contribution >= 4 is 11.9 Å². The number of unbranched alkanes of at least 4 members (excludes halogenated alkanes) is 1. The first-order chi connectivity index (χ1) is 9.97. The number of hydrogen-bond donors (Lipinski definition) is 4. The van der Waals surface area contributed by atoms with Crippen LogP contribution in [0.5, 0.6) is 0 Å². The Hall–Kier alpha value is -1.52. The van der Waals surface area contributed by atoms with E-state index >= 15 is 0 Å². The van der Waals surface area contributed by atoms with Gasteiger partial charge in [0.2, 0.25) is 0 Å². The fourth-order valence-corrected chi connectivity index (χ4v) is 0.881. The number of carboxylic acids is 2. The number of aliphatic carboxylic acids is 2. The van der Waals surface area contributed by atoms with Gasteiger partial charge in [0.1, 0.15) is 0 Å². The number of carbonyl (C=O) groups is 2. The van der Waals surface area contributed by atoms with Crippen LogP contribution in [0.2, 0.25) is 0 Å². The molecule has 0 amide bonds. The highest BCUT2D eigenvalue weighted by Gasteiger charge is 2.04. The minimum absolute atomic E-state index is 0.0366. The third-order valence-electron chi connectivity index (χ3n) is 1.72. The van der Waals surface area contributed by atoms with Gasteiger partial charge in [0, 0.05) is 12.2 Å². The van der Waals surface area contributed by atoms with Crippen molar-refractivity contribution in [3.63, 3.8) is 0 Å². The molecule has 0 aliphatic carbocycles. The molecule has 0 aromatic rings. The third-order valence-corrected chi connectivity index (χ3v) is 1.72. The molecule has 0 atom stereocenters. The molecule has 0 aromatic heterocycles. The molecule has 0 spiro atoms. The lowest BCUT2D eigenvalue weighted by molar-refractivity contribution is -0.371. The molecular formula is C12H23NO8. The molecular weight excluding hydrogens is 286 g/mol. The second-order valence-electron chi connectivity index (χ2n) is 3.53. The lowest BCUT2D eigenvalue weighted by Crippen LogP contribution is -2.28. The maximum absolute atomic E-state index is 9.55. The minimum atomic E-state index is -1.26. The van der Waals surface area contributed by atoms with Gasteiger partial charge in [-0.1, -0.05) is 18.6 Å². The fourth-order valence-electron chi connectivity index (χ4n) is 0.881. The summed E-state index contributed by atoms with van der Waals surface area (Å²) in [7, 11) is 0. The van der Waals surface area contributed by atoms with Crippen molar-refractivity contribution in [2.24, 2.45) is 0 Å². The Bertz CT molecular complexity index is 260. The van der Waals surface area contributed by atoms with E-state index in [2.05, 4.69) is 6.92 Å². The highest BCUT2D eigenvalue weighted by atomic mass is 16.9. The van der Waals surface area contributed by atoms with E-state index in [4.69, 9.17) is 30.1 Å². The highest BCUT2D eigenvalue weighted by Crippen LogP contribution is 1.97. The topological polar surface area (TPSA) is 137 Å². The molecule has 124 valence electrons. The number of hydrogen-bond acceptors (Lipinski definition) is 7. The number of hydroxylamine groups is 2. The van der Waals surface area contributed by atoms with Gasteiger partial charge in [0.15, 0.2) is 0 Å². The maximum atomic E-state index is 9.55. The van der Waals surface area contributed by atoms with Crippen LogP contribution in [-0.4, -0.2) is 70.6 Å². The van der Waals surface area contributed by atoms with Crippen LogP contribution in [-0.2, 0) is 19.3 Å². The van der Waals surface area contributed by atoms with Crippen LogP contribution in [0.15, 0.2) is 12.2 Å². The lowest BCUT2D eigenvalue weighted by Gasteiger charge is -2.19. The average molecular weight is 309 g/mol. The van der Waals surface area contributed by atoms with E-state index in [0.29, 0.717) is 18.7 Å². The molecule has 0 heterocycles. The second kappa shape index (κ2) is 16.5. The summed E-state index contributed by atoms with van der Waals surface area (Å²) in [4.78, 5) is 29.2. The van der Waals surface area contributed by atoms with E-state index in [0.717, 1.165) is 12.8 Å². The predicted molar refractivity (Wildman–Crippen MR) is 72.1 cm³/mol. The molecule has 9 heteroatoms. The first-order valence-corrected chi connectivity index (χ1v) is 6.36. The molecule has 0 aromatic carbocycles. The molecule has 0 rings (SSSR count). The van der Waals surface area contributed by atoms with Crippen molar-refractivity contribution in [1.82, 2.24) is 5.23 Å². The predicted octanol–water partition coefficient (Wildman–Crippen LogP) is -0.352. The van der Waals surface area contributed by atoms with Crippen molar-refractivity contribution in [1.29, 1.82) is 0 Å². The largest absolute Gasteiger partial charge is 0.478 e. The monoisotopic (exact) mass is 309 g/mol. The summed E-state index contributed by atoms with van der Waals surface area (Å²) in [6, 6.07) is 0. The lowest BCUT2D eigenvalue weighted by atomic mass is 10.3. The molecule has 0 unspecified atom stereocenters. The SMILES string of the molecule is CCCCN(OCCO)OCCO.O=C(O)C=CC(=O)O. The van der Waals surface area contributed by atoms with Crippen molar-refractivity contribution in [3.05, 3.63) is 12.2 Å². The standard InChI is InChI=1S/C8H19NO4.C4H4O4/c1-2-3-4-9(12-7-5-10)13-8-6-11;5-3(6)1-2-4(7)8/h10-11H,2-8H2,1H3;1-2H,(H,5,6)(H,7,8). The number of carboxylic acid groups (broad SMARTS) is 2. The molecule has 0 fully saturated rings. The Labute approximate surface area is 122 Å². The molecule has 0 aliphatic heterocycles. The highest BCUT2D eigenvalue weighted by molar-refractivity contribution is 5.89. The first kappa shape index (κ1) is 21.8. The van der Waals surface area contributed by atoms with Crippen molar-refractivity contribution in [3.8, 4) is 0 Å². The summed E-state index contributed by atoms with van der Waals surface area (Å²) in [5, 5.41) is 34.0. The van der Waals surface area contributed by atoms with E-state index in [-0.39, 0.29) is 26.4 Å². The summed E-state index contributed by atoms with van der Waals surface area (Å²) in [5.41, 5.74) is 0. The van der Waals surface area contributed by atoms with Crippen LogP contribution in [0.25, 0.3) is 0 Å². The van der Waals surface area contributed by atoms with E-state index in [9.17, 15) is 9.59 Å². The van der Waals surface area contributed by atoms with Gasteiger partial charge in [-0.05, 0) is 6.42 Å². The van der Waals surface area contributed by atoms with E-state index in [1.807, 2.05) is 0 Å². The number of aliphatic hydroxyl groups is 2. The molecule has 21 heavy (non-hydrogen) atoms. The van der Waals surface area contributed by atoms with Gasteiger partial charge in [-0.3, -0.25) is 9.68 Å². The molecule has 0 saturated carbocycles. The van der Waals surface area contributed by atoms with Crippen LogP contribution in [0.1, 0.15) is 19.8 Å². The molecule has 9 nitrogen and oxygen atoms in total. The Morgan fingerprint density at radius 3 is 1.71 bits per heavy atom.